The summed E-state index contributed by atoms with van der Waals surface area (Å²) >= 11 is 0. The third-order valence-corrected chi connectivity index (χ3v) is 5.94. The minimum absolute atomic E-state index is 0.0110. The van der Waals surface area contributed by atoms with Gasteiger partial charge in [-0.3, -0.25) is 9.59 Å². The van der Waals surface area contributed by atoms with E-state index in [0.29, 0.717) is 25.3 Å². The number of hydrogen-bond acceptors (Lipinski definition) is 4. The summed E-state index contributed by atoms with van der Waals surface area (Å²) in [7, 11) is 0. The summed E-state index contributed by atoms with van der Waals surface area (Å²) in [6, 6.07) is 23.6. The topological polar surface area (TPSA) is 87.7 Å². The zero-order valence-electron chi connectivity index (χ0n) is 19.7. The Morgan fingerprint density at radius 1 is 0.971 bits per heavy atom. The van der Waals surface area contributed by atoms with Gasteiger partial charge in [0.05, 0.1) is 19.1 Å². The SMILES string of the molecule is CCOC(=O)C[C@@H](NC(=O)NCc1ccc2c(c1)CCN2C(=O)c1ccccc1)c1ccccc1. The minimum Gasteiger partial charge on any atom is -0.466 e. The smallest absolute Gasteiger partial charge is 0.315 e. The lowest BCUT2D eigenvalue weighted by Gasteiger charge is -2.19. The molecule has 1 aliphatic rings. The molecule has 2 N–H and O–H groups in total. The Morgan fingerprint density at radius 3 is 2.40 bits per heavy atom. The van der Waals surface area contributed by atoms with Crippen molar-refractivity contribution in [3.8, 4) is 0 Å². The molecule has 0 saturated carbocycles. The number of fused-ring (bicyclic) bond motifs is 1. The Hall–Kier alpha value is -4.13. The van der Waals surface area contributed by atoms with Crippen molar-refractivity contribution in [3.05, 3.63) is 101 Å². The molecule has 1 aliphatic heterocycles. The van der Waals surface area contributed by atoms with Gasteiger partial charge in [-0.15, -0.1) is 0 Å². The maximum absolute atomic E-state index is 12.9. The number of benzene rings is 3. The number of rotatable bonds is 8. The van der Waals surface area contributed by atoms with Gasteiger partial charge in [0.1, 0.15) is 0 Å². The first-order valence-corrected chi connectivity index (χ1v) is 11.8. The number of nitrogens with zero attached hydrogens (tertiary/aromatic N) is 1. The average molecular weight is 472 g/mol. The molecule has 3 aromatic carbocycles. The standard InChI is InChI=1S/C28H29N3O4/c1-2-35-26(32)18-24(21-9-5-3-6-10-21)30-28(34)29-19-20-13-14-25-23(17-20)15-16-31(25)27(33)22-11-7-4-8-12-22/h3-14,17,24H,2,15-16,18-19H2,1H3,(H2,29,30,34)/t24-/m1/s1. The van der Waals surface area contributed by atoms with Crippen LogP contribution < -0.4 is 15.5 Å². The molecule has 0 spiro atoms. The van der Waals surface area contributed by atoms with E-state index in [9.17, 15) is 14.4 Å². The molecule has 180 valence electrons. The predicted molar refractivity (Wildman–Crippen MR) is 134 cm³/mol. The van der Waals surface area contributed by atoms with Gasteiger partial charge in [0.25, 0.3) is 5.91 Å². The lowest BCUT2D eigenvalue weighted by molar-refractivity contribution is -0.143. The molecule has 0 aliphatic carbocycles. The number of carbonyl (C=O) groups excluding carboxylic acids is 3. The molecular weight excluding hydrogens is 442 g/mol. The van der Waals surface area contributed by atoms with E-state index in [-0.39, 0.29) is 24.3 Å². The molecule has 0 radical (unpaired) electrons. The normalized spacial score (nSPS) is 13.0. The second kappa shape index (κ2) is 11.3. The van der Waals surface area contributed by atoms with Crippen molar-refractivity contribution in [1.29, 1.82) is 0 Å². The van der Waals surface area contributed by atoms with Crippen LogP contribution in [-0.4, -0.2) is 31.1 Å². The number of ether oxygens (including phenoxy) is 1. The van der Waals surface area contributed by atoms with Gasteiger partial charge in [-0.2, -0.15) is 0 Å². The van der Waals surface area contributed by atoms with E-state index in [4.69, 9.17) is 4.74 Å². The molecule has 1 heterocycles. The molecule has 0 bridgehead atoms. The van der Waals surface area contributed by atoms with E-state index in [1.54, 1.807) is 11.8 Å². The Morgan fingerprint density at radius 2 is 1.69 bits per heavy atom. The molecule has 7 heteroatoms. The Balaban J connectivity index is 1.37. The van der Waals surface area contributed by atoms with Crippen LogP contribution in [0.1, 0.15) is 46.4 Å². The summed E-state index contributed by atoms with van der Waals surface area (Å²) in [6.45, 7) is 3.00. The Bertz CT molecular complexity index is 1180. The fraction of sp³-hybridized carbons (Fsp3) is 0.250. The van der Waals surface area contributed by atoms with Crippen molar-refractivity contribution >= 4 is 23.6 Å². The lowest BCUT2D eigenvalue weighted by atomic mass is 10.0. The van der Waals surface area contributed by atoms with Gasteiger partial charge in [-0.05, 0) is 48.2 Å². The highest BCUT2D eigenvalue weighted by Crippen LogP contribution is 2.30. The lowest BCUT2D eigenvalue weighted by Crippen LogP contribution is -2.38. The first-order valence-electron chi connectivity index (χ1n) is 11.8. The average Bonchev–Trinajstić information content (AvgIpc) is 3.31. The van der Waals surface area contributed by atoms with Crippen molar-refractivity contribution < 1.29 is 19.1 Å². The van der Waals surface area contributed by atoms with Gasteiger partial charge in [0.15, 0.2) is 0 Å². The summed E-state index contributed by atoms with van der Waals surface area (Å²) in [5, 5.41) is 5.75. The highest BCUT2D eigenvalue weighted by atomic mass is 16.5. The number of anilines is 1. The van der Waals surface area contributed by atoms with Crippen molar-refractivity contribution in [2.24, 2.45) is 0 Å². The summed E-state index contributed by atoms with van der Waals surface area (Å²) in [5.41, 5.74) is 4.42. The van der Waals surface area contributed by atoms with Gasteiger partial charge < -0.3 is 20.3 Å². The first kappa shape index (κ1) is 24.0. The highest BCUT2D eigenvalue weighted by molar-refractivity contribution is 6.07. The van der Waals surface area contributed by atoms with Crippen molar-refractivity contribution in [2.75, 3.05) is 18.1 Å². The molecule has 35 heavy (non-hydrogen) atoms. The minimum atomic E-state index is -0.493. The third-order valence-electron chi connectivity index (χ3n) is 5.94. The van der Waals surface area contributed by atoms with E-state index < -0.39 is 6.04 Å². The van der Waals surface area contributed by atoms with Gasteiger partial charge >= 0.3 is 12.0 Å². The number of nitrogens with one attached hydrogen (secondary N) is 2. The van der Waals surface area contributed by atoms with Crippen LogP contribution >= 0.6 is 0 Å². The van der Waals surface area contributed by atoms with Gasteiger partial charge in [-0.1, -0.05) is 60.7 Å². The van der Waals surface area contributed by atoms with E-state index in [1.165, 1.54) is 0 Å². The fourth-order valence-electron chi connectivity index (χ4n) is 4.23. The van der Waals surface area contributed by atoms with Gasteiger partial charge in [0.2, 0.25) is 0 Å². The summed E-state index contributed by atoms with van der Waals surface area (Å²) in [5.74, 6) is -0.377. The van der Waals surface area contributed by atoms with E-state index in [1.807, 2.05) is 78.9 Å². The highest BCUT2D eigenvalue weighted by Gasteiger charge is 2.25. The largest absolute Gasteiger partial charge is 0.466 e. The van der Waals surface area contributed by atoms with Crippen molar-refractivity contribution in [1.82, 2.24) is 10.6 Å². The maximum Gasteiger partial charge on any atom is 0.315 e. The maximum atomic E-state index is 12.9. The molecule has 0 aromatic heterocycles. The summed E-state index contributed by atoms with van der Waals surface area (Å²) < 4.78 is 5.06. The Kier molecular flexibility index (Phi) is 7.77. The first-order chi connectivity index (χ1) is 17.0. The zero-order chi connectivity index (χ0) is 24.6. The predicted octanol–water partition coefficient (Wildman–Crippen LogP) is 4.38. The van der Waals surface area contributed by atoms with E-state index in [2.05, 4.69) is 10.6 Å². The second-order valence-corrected chi connectivity index (χ2v) is 8.34. The molecule has 0 fully saturated rings. The van der Waals surface area contributed by atoms with Crippen LogP contribution in [0.15, 0.2) is 78.9 Å². The van der Waals surface area contributed by atoms with Crippen LogP contribution in [0.2, 0.25) is 0 Å². The quantitative estimate of drug-likeness (QED) is 0.477. The molecular formula is C28H29N3O4. The number of esters is 1. The Labute approximate surface area is 205 Å². The van der Waals surface area contributed by atoms with Crippen LogP contribution in [0.4, 0.5) is 10.5 Å². The molecule has 0 unspecified atom stereocenters. The summed E-state index contributed by atoms with van der Waals surface area (Å²) in [6.07, 6.45) is 0.818. The monoisotopic (exact) mass is 471 g/mol. The zero-order valence-corrected chi connectivity index (χ0v) is 19.7. The van der Waals surface area contributed by atoms with Gasteiger partial charge in [0, 0.05) is 24.3 Å². The van der Waals surface area contributed by atoms with E-state index in [0.717, 1.165) is 28.8 Å². The number of hydrogen-bond donors (Lipinski definition) is 2. The number of urea groups is 1. The third kappa shape index (κ3) is 6.06. The fourth-order valence-corrected chi connectivity index (χ4v) is 4.23. The molecule has 3 aromatic rings. The van der Waals surface area contributed by atoms with Crippen molar-refractivity contribution in [3.63, 3.8) is 0 Å². The van der Waals surface area contributed by atoms with Crippen molar-refractivity contribution in [2.45, 2.75) is 32.4 Å². The van der Waals surface area contributed by atoms with Crippen LogP contribution in [0.25, 0.3) is 0 Å². The molecule has 0 saturated heterocycles. The summed E-state index contributed by atoms with van der Waals surface area (Å²) in [4.78, 5) is 39.4. The number of amides is 3. The molecule has 1 atom stereocenters. The number of carbonyl (C=O) groups is 3. The van der Waals surface area contributed by atoms with Gasteiger partial charge in [-0.25, -0.2) is 4.79 Å². The van der Waals surface area contributed by atoms with Crippen LogP contribution in [0, 0.1) is 0 Å². The van der Waals surface area contributed by atoms with Crippen LogP contribution in [-0.2, 0) is 22.5 Å². The molecule has 3 amide bonds. The van der Waals surface area contributed by atoms with E-state index >= 15 is 0 Å². The van der Waals surface area contributed by atoms with Crippen LogP contribution in [0.3, 0.4) is 0 Å². The van der Waals surface area contributed by atoms with Crippen LogP contribution in [0.5, 0.6) is 0 Å². The molecule has 4 rings (SSSR count). The molecule has 7 nitrogen and oxygen atoms in total. The second-order valence-electron chi connectivity index (χ2n) is 8.34.